The molecule has 0 saturated carbocycles. The first-order valence-corrected chi connectivity index (χ1v) is 9.60. The van der Waals surface area contributed by atoms with Crippen LogP contribution in [0, 0.1) is 6.92 Å². The van der Waals surface area contributed by atoms with Crippen LogP contribution >= 0.6 is 11.8 Å². The van der Waals surface area contributed by atoms with Gasteiger partial charge in [0.1, 0.15) is 0 Å². The average Bonchev–Trinajstić information content (AvgIpc) is 2.63. The zero-order valence-electron chi connectivity index (χ0n) is 15.1. The number of amides is 2. The highest BCUT2D eigenvalue weighted by atomic mass is 32.2. The molecule has 5 nitrogen and oxygen atoms in total. The summed E-state index contributed by atoms with van der Waals surface area (Å²) in [5, 5.41) is 0.554. The number of carbonyl (C=O) groups is 2. The first-order valence-electron chi connectivity index (χ1n) is 8.73. The lowest BCUT2D eigenvalue weighted by Gasteiger charge is -2.35. The molecule has 1 aromatic carbocycles. The Hall–Kier alpha value is -2.34. The molecular weight excluding hydrogens is 346 g/mol. The Labute approximate surface area is 158 Å². The first kappa shape index (κ1) is 18.5. The van der Waals surface area contributed by atoms with Gasteiger partial charge in [-0.2, -0.15) is 0 Å². The lowest BCUT2D eigenvalue weighted by Crippen LogP contribution is -2.53. The van der Waals surface area contributed by atoms with Gasteiger partial charge in [-0.1, -0.05) is 47.7 Å². The van der Waals surface area contributed by atoms with Gasteiger partial charge in [-0.15, -0.1) is 0 Å². The van der Waals surface area contributed by atoms with Crippen molar-refractivity contribution in [3.05, 3.63) is 59.8 Å². The molecule has 1 fully saturated rings. The summed E-state index contributed by atoms with van der Waals surface area (Å²) in [7, 11) is 0. The molecule has 26 heavy (non-hydrogen) atoms. The second kappa shape index (κ2) is 8.36. The van der Waals surface area contributed by atoms with E-state index in [4.69, 9.17) is 0 Å². The van der Waals surface area contributed by atoms with Crippen LogP contribution in [-0.2, 0) is 16.1 Å². The third-order valence-corrected chi connectivity index (χ3v) is 5.41. The molecule has 1 aliphatic rings. The molecule has 0 N–H and O–H groups in total. The van der Waals surface area contributed by atoms with Crippen LogP contribution in [0.4, 0.5) is 0 Å². The maximum Gasteiger partial charge on any atom is 0.242 e. The highest BCUT2D eigenvalue weighted by Gasteiger charge is 2.30. The Morgan fingerprint density at radius 1 is 1.23 bits per heavy atom. The van der Waals surface area contributed by atoms with Crippen molar-refractivity contribution in [2.24, 2.45) is 0 Å². The predicted octanol–water partition coefficient (Wildman–Crippen LogP) is 2.74. The molecule has 0 radical (unpaired) electrons. The molecule has 1 aromatic heterocycles. The molecular formula is C20H23N3O2S. The number of pyridine rings is 1. The van der Waals surface area contributed by atoms with Gasteiger partial charge in [-0.05, 0) is 31.5 Å². The zero-order valence-corrected chi connectivity index (χ0v) is 15.9. The Balaban J connectivity index is 1.56. The Morgan fingerprint density at radius 3 is 2.77 bits per heavy atom. The molecule has 0 bridgehead atoms. The average molecular weight is 369 g/mol. The smallest absolute Gasteiger partial charge is 0.242 e. The fraction of sp³-hybridized carbons (Fsp3) is 0.350. The van der Waals surface area contributed by atoms with Crippen LogP contribution in [0.1, 0.15) is 18.1 Å². The topological polar surface area (TPSA) is 53.5 Å². The van der Waals surface area contributed by atoms with E-state index >= 15 is 0 Å². The summed E-state index contributed by atoms with van der Waals surface area (Å²) in [5.41, 5.74) is 2.31. The standard InChI is InChI=1S/C20H23N3O2S/c1-15-6-5-7-17(12-15)13-22-10-11-23(14-19(22)24)20(25)16(2)26-18-8-3-4-9-21-18/h3-9,12,16H,10-11,13-14H2,1-2H3/t16-/m1/s1. The second-order valence-electron chi connectivity index (χ2n) is 6.49. The molecule has 1 aliphatic heterocycles. The molecule has 0 aliphatic carbocycles. The highest BCUT2D eigenvalue weighted by molar-refractivity contribution is 8.00. The predicted molar refractivity (Wildman–Crippen MR) is 103 cm³/mol. The summed E-state index contributed by atoms with van der Waals surface area (Å²) in [5.74, 6) is -0.00893. The van der Waals surface area contributed by atoms with E-state index < -0.39 is 0 Å². The molecule has 1 saturated heterocycles. The summed E-state index contributed by atoms with van der Waals surface area (Å²) in [6, 6.07) is 13.8. The van der Waals surface area contributed by atoms with Crippen LogP contribution < -0.4 is 0 Å². The number of rotatable bonds is 5. The Morgan fingerprint density at radius 2 is 2.08 bits per heavy atom. The van der Waals surface area contributed by atoms with Crippen molar-refractivity contribution in [3.8, 4) is 0 Å². The summed E-state index contributed by atoms with van der Waals surface area (Å²) in [6.45, 7) is 5.80. The minimum Gasteiger partial charge on any atom is -0.335 e. The summed E-state index contributed by atoms with van der Waals surface area (Å²) in [6.07, 6.45) is 1.72. The molecule has 6 heteroatoms. The van der Waals surface area contributed by atoms with Gasteiger partial charge in [-0.25, -0.2) is 4.98 Å². The van der Waals surface area contributed by atoms with E-state index in [-0.39, 0.29) is 23.6 Å². The fourth-order valence-corrected chi connectivity index (χ4v) is 3.89. The molecule has 136 valence electrons. The van der Waals surface area contributed by atoms with Crippen molar-refractivity contribution in [1.82, 2.24) is 14.8 Å². The third-order valence-electron chi connectivity index (χ3n) is 4.37. The summed E-state index contributed by atoms with van der Waals surface area (Å²) in [4.78, 5) is 32.9. The van der Waals surface area contributed by atoms with Crippen LogP contribution in [0.3, 0.4) is 0 Å². The largest absolute Gasteiger partial charge is 0.335 e. The number of benzene rings is 1. The second-order valence-corrected chi connectivity index (χ2v) is 7.85. The molecule has 0 spiro atoms. The van der Waals surface area contributed by atoms with Gasteiger partial charge < -0.3 is 9.80 Å². The zero-order chi connectivity index (χ0) is 18.5. The number of thioether (sulfide) groups is 1. The van der Waals surface area contributed by atoms with Crippen molar-refractivity contribution in [2.45, 2.75) is 30.7 Å². The normalized spacial score (nSPS) is 15.8. The Bertz CT molecular complexity index is 782. The lowest BCUT2D eigenvalue weighted by atomic mass is 10.1. The van der Waals surface area contributed by atoms with Crippen molar-refractivity contribution in [2.75, 3.05) is 19.6 Å². The number of hydrogen-bond donors (Lipinski definition) is 0. The number of piperazine rings is 1. The van der Waals surface area contributed by atoms with Crippen molar-refractivity contribution < 1.29 is 9.59 Å². The fourth-order valence-electron chi connectivity index (χ4n) is 3.00. The molecule has 0 unspecified atom stereocenters. The van der Waals surface area contributed by atoms with E-state index in [9.17, 15) is 9.59 Å². The van der Waals surface area contributed by atoms with Crippen molar-refractivity contribution in [3.63, 3.8) is 0 Å². The minimum absolute atomic E-state index is 0.00106. The number of carbonyl (C=O) groups excluding carboxylic acids is 2. The van der Waals surface area contributed by atoms with Crippen molar-refractivity contribution >= 4 is 23.6 Å². The van der Waals surface area contributed by atoms with Crippen LogP contribution in [-0.4, -0.2) is 51.5 Å². The van der Waals surface area contributed by atoms with Gasteiger partial charge in [0, 0.05) is 25.8 Å². The number of aromatic nitrogens is 1. The third kappa shape index (κ3) is 4.64. The van der Waals surface area contributed by atoms with Gasteiger partial charge in [0.15, 0.2) is 0 Å². The molecule has 2 heterocycles. The monoisotopic (exact) mass is 369 g/mol. The highest BCUT2D eigenvalue weighted by Crippen LogP contribution is 2.23. The number of aryl methyl sites for hydroxylation is 1. The van der Waals surface area contributed by atoms with E-state index in [0.29, 0.717) is 19.6 Å². The van der Waals surface area contributed by atoms with Gasteiger partial charge in [0.05, 0.1) is 16.8 Å². The van der Waals surface area contributed by atoms with E-state index in [2.05, 4.69) is 11.1 Å². The van der Waals surface area contributed by atoms with E-state index in [1.54, 1.807) is 11.1 Å². The van der Waals surface area contributed by atoms with Crippen molar-refractivity contribution in [1.29, 1.82) is 0 Å². The quantitative estimate of drug-likeness (QED) is 0.761. The lowest BCUT2D eigenvalue weighted by molar-refractivity contribution is -0.145. The van der Waals surface area contributed by atoms with Crippen LogP contribution in [0.2, 0.25) is 0 Å². The van der Waals surface area contributed by atoms with E-state index in [0.717, 1.165) is 10.6 Å². The van der Waals surface area contributed by atoms with Crippen LogP contribution in [0.5, 0.6) is 0 Å². The van der Waals surface area contributed by atoms with Gasteiger partial charge >= 0.3 is 0 Å². The molecule has 1 atom stereocenters. The van der Waals surface area contributed by atoms with E-state index in [1.165, 1.54) is 17.3 Å². The minimum atomic E-state index is -0.263. The van der Waals surface area contributed by atoms with Gasteiger partial charge in [0.2, 0.25) is 11.8 Å². The SMILES string of the molecule is Cc1cccc(CN2CCN(C(=O)[C@@H](C)Sc3ccccn3)CC2=O)c1. The molecule has 2 aromatic rings. The van der Waals surface area contributed by atoms with E-state index in [1.807, 2.05) is 55.1 Å². The Kier molecular flexibility index (Phi) is 5.93. The maximum absolute atomic E-state index is 12.7. The summed E-state index contributed by atoms with van der Waals surface area (Å²) < 4.78 is 0. The van der Waals surface area contributed by atoms with Gasteiger partial charge in [0.25, 0.3) is 0 Å². The number of hydrogen-bond acceptors (Lipinski definition) is 4. The van der Waals surface area contributed by atoms with Crippen LogP contribution in [0.15, 0.2) is 53.7 Å². The summed E-state index contributed by atoms with van der Waals surface area (Å²) >= 11 is 1.42. The molecule has 2 amide bonds. The molecule has 3 rings (SSSR count). The number of nitrogens with zero attached hydrogens (tertiary/aromatic N) is 3. The van der Waals surface area contributed by atoms with Gasteiger partial charge in [-0.3, -0.25) is 9.59 Å². The maximum atomic E-state index is 12.7. The van der Waals surface area contributed by atoms with Crippen LogP contribution in [0.25, 0.3) is 0 Å². The first-order chi connectivity index (χ1) is 12.5.